The van der Waals surface area contributed by atoms with E-state index < -0.39 is 5.91 Å². The highest BCUT2D eigenvalue weighted by molar-refractivity contribution is 6.35. The maximum Gasteiger partial charge on any atom is 0.266 e. The molecule has 1 aliphatic carbocycles. The van der Waals surface area contributed by atoms with Crippen molar-refractivity contribution in [3.8, 4) is 0 Å². The van der Waals surface area contributed by atoms with Gasteiger partial charge in [0, 0.05) is 30.6 Å². The lowest BCUT2D eigenvalue weighted by Gasteiger charge is -2.33. The van der Waals surface area contributed by atoms with Gasteiger partial charge >= 0.3 is 0 Å². The van der Waals surface area contributed by atoms with Crippen LogP contribution >= 0.6 is 0 Å². The third-order valence-corrected chi connectivity index (χ3v) is 7.84. The van der Waals surface area contributed by atoms with Gasteiger partial charge in [-0.15, -0.1) is 0 Å². The highest BCUT2D eigenvalue weighted by atomic mass is 16.2. The van der Waals surface area contributed by atoms with Crippen molar-refractivity contribution in [3.63, 3.8) is 0 Å². The molecule has 5 rings (SSSR count). The number of likely N-dealkylation sites (tertiary alicyclic amines) is 1. The molecular weight excluding hydrogens is 454 g/mol. The number of hydrogen-bond donors (Lipinski definition) is 1. The van der Waals surface area contributed by atoms with Crippen LogP contribution in [0.4, 0.5) is 5.69 Å². The minimum atomic E-state index is -0.406. The maximum absolute atomic E-state index is 13.2. The summed E-state index contributed by atoms with van der Waals surface area (Å²) in [4.78, 5) is 55.2. The van der Waals surface area contributed by atoms with E-state index in [1.807, 2.05) is 32.0 Å². The normalized spacial score (nSPS) is 18.9. The zero-order chi connectivity index (χ0) is 25.4. The van der Waals surface area contributed by atoms with Crippen LogP contribution in [-0.4, -0.2) is 47.7 Å². The van der Waals surface area contributed by atoms with Crippen LogP contribution in [0.3, 0.4) is 0 Å². The zero-order valence-electron chi connectivity index (χ0n) is 21.0. The first-order valence-electron chi connectivity index (χ1n) is 13.0. The summed E-state index contributed by atoms with van der Waals surface area (Å²) in [6.45, 7) is 4.79. The number of carbonyl (C=O) groups is 4. The molecule has 0 radical (unpaired) electrons. The number of nitrogens with one attached hydrogen (secondary N) is 1. The number of amides is 4. The second-order valence-corrected chi connectivity index (χ2v) is 10.4. The molecule has 2 heterocycles. The van der Waals surface area contributed by atoms with Crippen LogP contribution in [0.1, 0.15) is 87.1 Å². The highest BCUT2D eigenvalue weighted by Gasteiger charge is 2.38. The Hall–Kier alpha value is -3.48. The Morgan fingerprint density at radius 3 is 2.25 bits per heavy atom. The first-order chi connectivity index (χ1) is 17.3. The third kappa shape index (κ3) is 4.54. The molecule has 1 saturated heterocycles. The minimum Gasteiger partial charge on any atom is -0.353 e. The molecule has 2 fully saturated rings. The van der Waals surface area contributed by atoms with Crippen LogP contribution in [0.2, 0.25) is 0 Å². The van der Waals surface area contributed by atoms with Gasteiger partial charge in [-0.2, -0.15) is 0 Å². The molecule has 4 amide bonds. The van der Waals surface area contributed by atoms with Crippen molar-refractivity contribution in [2.75, 3.05) is 18.0 Å². The molecule has 0 unspecified atom stereocenters. The van der Waals surface area contributed by atoms with Crippen LogP contribution in [0.15, 0.2) is 36.4 Å². The predicted octanol–water partition coefficient (Wildman–Crippen LogP) is 4.41. The van der Waals surface area contributed by atoms with Gasteiger partial charge in [0.05, 0.1) is 16.8 Å². The van der Waals surface area contributed by atoms with Crippen molar-refractivity contribution < 1.29 is 19.2 Å². The number of piperidine rings is 1. The second-order valence-electron chi connectivity index (χ2n) is 10.4. The Labute approximate surface area is 211 Å². The van der Waals surface area contributed by atoms with Gasteiger partial charge in [-0.1, -0.05) is 31.4 Å². The van der Waals surface area contributed by atoms with E-state index in [1.54, 1.807) is 23.1 Å². The van der Waals surface area contributed by atoms with Crippen LogP contribution in [-0.2, 0) is 4.79 Å². The molecular formula is C29H33N3O4. The van der Waals surface area contributed by atoms with E-state index in [1.165, 1.54) is 24.2 Å². The number of benzene rings is 2. The lowest BCUT2D eigenvalue weighted by molar-refractivity contribution is -0.127. The van der Waals surface area contributed by atoms with E-state index >= 15 is 0 Å². The standard InChI is InChI=1S/C29H33N3O4/c1-18-8-9-19(2)25(16-18)32-28(35)23-11-10-21(17-24(23)29(32)36)27(34)31-14-12-20(13-15-31)26(33)30-22-6-4-3-5-7-22/h8-11,16-17,20,22H,3-7,12-15H2,1-2H3,(H,30,33). The molecule has 0 bridgehead atoms. The number of nitrogens with zero attached hydrogens (tertiary/aromatic N) is 2. The molecule has 7 nitrogen and oxygen atoms in total. The Morgan fingerprint density at radius 2 is 1.53 bits per heavy atom. The van der Waals surface area contributed by atoms with Crippen molar-refractivity contribution in [1.82, 2.24) is 10.2 Å². The van der Waals surface area contributed by atoms with Gasteiger partial charge in [-0.3, -0.25) is 19.2 Å². The Bertz CT molecular complexity index is 1220. The van der Waals surface area contributed by atoms with Gasteiger partial charge in [0.15, 0.2) is 0 Å². The SMILES string of the molecule is Cc1ccc(C)c(N2C(=O)c3ccc(C(=O)N4CCC(C(=O)NC5CCCCC5)CC4)cc3C2=O)c1. The number of carbonyl (C=O) groups excluding carboxylic acids is 4. The van der Waals surface area contributed by atoms with Crippen LogP contribution < -0.4 is 10.2 Å². The van der Waals surface area contributed by atoms with E-state index in [2.05, 4.69) is 5.32 Å². The summed E-state index contributed by atoms with van der Waals surface area (Å²) in [5.41, 5.74) is 3.33. The quantitative estimate of drug-likeness (QED) is 0.648. The molecule has 0 atom stereocenters. The summed E-state index contributed by atoms with van der Waals surface area (Å²) >= 11 is 0. The Balaban J connectivity index is 1.25. The fourth-order valence-corrected chi connectivity index (χ4v) is 5.65. The summed E-state index contributed by atoms with van der Waals surface area (Å²) < 4.78 is 0. The van der Waals surface area contributed by atoms with Crippen molar-refractivity contribution in [2.24, 2.45) is 5.92 Å². The fourth-order valence-electron chi connectivity index (χ4n) is 5.65. The van der Waals surface area contributed by atoms with E-state index in [4.69, 9.17) is 0 Å². The third-order valence-electron chi connectivity index (χ3n) is 7.84. The number of hydrogen-bond acceptors (Lipinski definition) is 4. The summed E-state index contributed by atoms with van der Waals surface area (Å²) in [6.07, 6.45) is 6.98. The number of rotatable bonds is 4. The average Bonchev–Trinajstić information content (AvgIpc) is 3.14. The fraction of sp³-hybridized carbons (Fsp3) is 0.448. The maximum atomic E-state index is 13.2. The largest absolute Gasteiger partial charge is 0.353 e. The van der Waals surface area contributed by atoms with Crippen molar-refractivity contribution in [2.45, 2.75) is 64.8 Å². The molecule has 1 saturated carbocycles. The van der Waals surface area contributed by atoms with E-state index in [9.17, 15) is 19.2 Å². The van der Waals surface area contributed by atoms with Gasteiger partial charge in [0.25, 0.3) is 17.7 Å². The monoisotopic (exact) mass is 487 g/mol. The van der Waals surface area contributed by atoms with Gasteiger partial charge in [-0.05, 0) is 74.9 Å². The summed E-state index contributed by atoms with van der Waals surface area (Å²) in [5, 5.41) is 3.21. The van der Waals surface area contributed by atoms with Gasteiger partial charge < -0.3 is 10.2 Å². The molecule has 2 aromatic rings. The first kappa shape index (κ1) is 24.2. The van der Waals surface area contributed by atoms with E-state index in [0.29, 0.717) is 48.8 Å². The molecule has 7 heteroatoms. The van der Waals surface area contributed by atoms with Gasteiger partial charge in [0.1, 0.15) is 0 Å². The predicted molar refractivity (Wildman–Crippen MR) is 137 cm³/mol. The topological polar surface area (TPSA) is 86.8 Å². The lowest BCUT2D eigenvalue weighted by Crippen LogP contribution is -2.45. The lowest BCUT2D eigenvalue weighted by atomic mass is 9.92. The molecule has 0 aromatic heterocycles. The Morgan fingerprint density at radius 1 is 0.833 bits per heavy atom. The van der Waals surface area contributed by atoms with Crippen molar-refractivity contribution >= 4 is 29.3 Å². The second kappa shape index (κ2) is 9.88. The van der Waals surface area contributed by atoms with E-state index in [-0.39, 0.29) is 29.2 Å². The molecule has 36 heavy (non-hydrogen) atoms. The van der Waals surface area contributed by atoms with E-state index in [0.717, 1.165) is 24.0 Å². The summed E-state index contributed by atoms with van der Waals surface area (Å²) in [6, 6.07) is 10.7. The molecule has 2 aliphatic heterocycles. The number of fused-ring (bicyclic) bond motifs is 1. The van der Waals surface area contributed by atoms with Crippen LogP contribution in [0.25, 0.3) is 0 Å². The summed E-state index contributed by atoms with van der Waals surface area (Å²) in [5.74, 6) is -0.901. The van der Waals surface area contributed by atoms with Crippen LogP contribution in [0.5, 0.6) is 0 Å². The molecule has 188 valence electrons. The molecule has 3 aliphatic rings. The number of aryl methyl sites for hydroxylation is 2. The average molecular weight is 488 g/mol. The minimum absolute atomic E-state index is 0.0682. The van der Waals surface area contributed by atoms with Crippen LogP contribution in [0, 0.1) is 19.8 Å². The molecule has 0 spiro atoms. The van der Waals surface area contributed by atoms with Crippen molar-refractivity contribution in [3.05, 3.63) is 64.2 Å². The van der Waals surface area contributed by atoms with Gasteiger partial charge in [-0.25, -0.2) is 4.90 Å². The Kier molecular flexibility index (Phi) is 6.65. The molecule has 2 aromatic carbocycles. The zero-order valence-corrected chi connectivity index (χ0v) is 21.0. The smallest absolute Gasteiger partial charge is 0.266 e. The van der Waals surface area contributed by atoms with Crippen molar-refractivity contribution in [1.29, 1.82) is 0 Å². The first-order valence-corrected chi connectivity index (χ1v) is 13.0. The number of anilines is 1. The van der Waals surface area contributed by atoms with Gasteiger partial charge in [0.2, 0.25) is 5.91 Å². The highest BCUT2D eigenvalue weighted by Crippen LogP contribution is 2.32. The summed E-state index contributed by atoms with van der Waals surface area (Å²) in [7, 11) is 0. The molecule has 1 N–H and O–H groups in total. The number of imide groups is 1.